The summed E-state index contributed by atoms with van der Waals surface area (Å²) in [5.74, 6) is -1.08. The van der Waals surface area contributed by atoms with Gasteiger partial charge in [-0.2, -0.15) is 0 Å². The van der Waals surface area contributed by atoms with E-state index in [4.69, 9.17) is 14.4 Å². The zero-order chi connectivity index (χ0) is 13.1. The first-order valence-corrected chi connectivity index (χ1v) is 5.11. The maximum atomic E-state index is 13.5. The molecule has 2 rings (SSSR count). The van der Waals surface area contributed by atoms with Gasteiger partial charge in [0, 0.05) is 11.6 Å². The van der Waals surface area contributed by atoms with Gasteiger partial charge in [0.15, 0.2) is 17.3 Å². The van der Waals surface area contributed by atoms with Gasteiger partial charge in [0.2, 0.25) is 0 Å². The molecule has 2 aromatic rings. The summed E-state index contributed by atoms with van der Waals surface area (Å²) in [5.41, 5.74) is 0.756. The molecular weight excluding hydrogens is 241 g/mol. The zero-order valence-corrected chi connectivity index (χ0v) is 9.51. The largest absolute Gasteiger partial charge is 0.494 e. The highest BCUT2D eigenvalue weighted by molar-refractivity contribution is 5.70. The molecule has 1 heterocycles. The summed E-state index contributed by atoms with van der Waals surface area (Å²) < 4.78 is 23.2. The quantitative estimate of drug-likeness (QED) is 0.900. The number of hydrogen-bond donors (Lipinski definition) is 1. The van der Waals surface area contributed by atoms with Crippen molar-refractivity contribution in [3.63, 3.8) is 0 Å². The Morgan fingerprint density at radius 1 is 1.50 bits per heavy atom. The Kier molecular flexibility index (Phi) is 3.27. The van der Waals surface area contributed by atoms with E-state index in [2.05, 4.69) is 5.16 Å². The van der Waals surface area contributed by atoms with Crippen LogP contribution in [-0.4, -0.2) is 23.3 Å². The van der Waals surface area contributed by atoms with E-state index in [0.717, 1.165) is 0 Å². The molecule has 0 bridgehead atoms. The molecule has 0 fully saturated rings. The van der Waals surface area contributed by atoms with Gasteiger partial charge in [-0.1, -0.05) is 5.16 Å². The van der Waals surface area contributed by atoms with Crippen molar-refractivity contribution in [1.29, 1.82) is 0 Å². The van der Waals surface area contributed by atoms with Crippen molar-refractivity contribution in [2.24, 2.45) is 0 Å². The number of aromatic nitrogens is 1. The molecule has 0 saturated heterocycles. The summed E-state index contributed by atoms with van der Waals surface area (Å²) in [7, 11) is 1.37. The van der Waals surface area contributed by atoms with Crippen molar-refractivity contribution in [1.82, 2.24) is 5.16 Å². The third-order valence-corrected chi connectivity index (χ3v) is 2.33. The van der Waals surface area contributed by atoms with Gasteiger partial charge >= 0.3 is 5.97 Å². The number of carboxylic acids is 1. The Bertz CT molecular complexity index is 579. The molecular formula is C12H10FNO4. The summed E-state index contributed by atoms with van der Waals surface area (Å²) in [6.07, 6.45) is -0.234. The number of methoxy groups -OCH3 is 1. The molecule has 18 heavy (non-hydrogen) atoms. The van der Waals surface area contributed by atoms with Gasteiger partial charge < -0.3 is 14.4 Å². The fourth-order valence-electron chi connectivity index (χ4n) is 1.51. The monoisotopic (exact) mass is 251 g/mol. The van der Waals surface area contributed by atoms with Crippen LogP contribution in [0.1, 0.15) is 5.69 Å². The summed E-state index contributed by atoms with van der Waals surface area (Å²) in [4.78, 5) is 10.5. The van der Waals surface area contributed by atoms with E-state index >= 15 is 0 Å². The third-order valence-electron chi connectivity index (χ3n) is 2.33. The van der Waals surface area contributed by atoms with Gasteiger partial charge in [-0.3, -0.25) is 4.79 Å². The van der Waals surface area contributed by atoms with Crippen LogP contribution in [0.5, 0.6) is 5.75 Å². The second-order valence-electron chi connectivity index (χ2n) is 3.60. The molecule has 0 unspecified atom stereocenters. The van der Waals surface area contributed by atoms with E-state index in [9.17, 15) is 9.18 Å². The molecule has 0 amide bonds. The molecule has 6 heteroatoms. The first-order valence-electron chi connectivity index (χ1n) is 5.11. The Labute approximate surface area is 102 Å². The lowest BCUT2D eigenvalue weighted by molar-refractivity contribution is -0.136. The molecule has 0 atom stereocenters. The van der Waals surface area contributed by atoms with E-state index in [0.29, 0.717) is 11.3 Å². The second-order valence-corrected chi connectivity index (χ2v) is 3.60. The second kappa shape index (κ2) is 4.87. The van der Waals surface area contributed by atoms with E-state index < -0.39 is 11.8 Å². The number of ether oxygens (including phenoxy) is 1. The molecule has 0 aliphatic heterocycles. The lowest BCUT2D eigenvalue weighted by atomic mass is 10.1. The molecule has 1 aromatic heterocycles. The van der Waals surface area contributed by atoms with E-state index in [1.807, 2.05) is 0 Å². The number of nitrogens with zero attached hydrogens (tertiary/aromatic N) is 1. The highest BCUT2D eigenvalue weighted by atomic mass is 19.1. The van der Waals surface area contributed by atoms with Crippen molar-refractivity contribution < 1.29 is 23.6 Å². The summed E-state index contributed by atoms with van der Waals surface area (Å²) in [5, 5.41) is 12.2. The van der Waals surface area contributed by atoms with Gasteiger partial charge in [-0.05, 0) is 18.2 Å². The summed E-state index contributed by atoms with van der Waals surface area (Å²) in [6, 6.07) is 5.77. The van der Waals surface area contributed by atoms with Gasteiger partial charge in [0.05, 0.1) is 19.2 Å². The third kappa shape index (κ3) is 2.48. The first kappa shape index (κ1) is 12.1. The Balaban J connectivity index is 2.28. The normalized spacial score (nSPS) is 10.3. The molecule has 1 aromatic carbocycles. The van der Waals surface area contributed by atoms with Gasteiger partial charge in [0.25, 0.3) is 0 Å². The lowest BCUT2D eigenvalue weighted by Gasteiger charge is -2.02. The number of carboxylic acid groups (broad SMARTS) is 1. The minimum atomic E-state index is -1.00. The highest BCUT2D eigenvalue weighted by Gasteiger charge is 2.11. The fraction of sp³-hybridized carbons (Fsp3) is 0.167. The van der Waals surface area contributed by atoms with Crippen molar-refractivity contribution >= 4 is 5.97 Å². The molecule has 5 nitrogen and oxygen atoms in total. The van der Waals surface area contributed by atoms with Crippen LogP contribution in [0.4, 0.5) is 4.39 Å². The van der Waals surface area contributed by atoms with Crippen molar-refractivity contribution in [3.05, 3.63) is 35.8 Å². The van der Waals surface area contributed by atoms with Crippen LogP contribution in [0.2, 0.25) is 0 Å². The Morgan fingerprint density at radius 2 is 2.28 bits per heavy atom. The predicted molar refractivity (Wildman–Crippen MR) is 59.8 cm³/mol. The van der Waals surface area contributed by atoms with E-state index in [-0.39, 0.29) is 17.9 Å². The first-order chi connectivity index (χ1) is 8.60. The molecule has 94 valence electrons. The van der Waals surface area contributed by atoms with E-state index in [1.54, 1.807) is 6.07 Å². The van der Waals surface area contributed by atoms with Crippen molar-refractivity contribution in [2.45, 2.75) is 6.42 Å². The SMILES string of the molecule is COc1ccc(-c2cc(CC(=O)O)no2)cc1F. The van der Waals surface area contributed by atoms with Crippen LogP contribution < -0.4 is 4.74 Å². The maximum Gasteiger partial charge on any atom is 0.309 e. The number of halogens is 1. The van der Waals surface area contributed by atoms with Crippen LogP contribution >= 0.6 is 0 Å². The highest BCUT2D eigenvalue weighted by Crippen LogP contribution is 2.26. The number of hydrogen-bond acceptors (Lipinski definition) is 4. The number of aliphatic carboxylic acids is 1. The average Bonchev–Trinajstić information content (AvgIpc) is 2.76. The molecule has 0 saturated carbocycles. The maximum absolute atomic E-state index is 13.5. The molecule has 0 aliphatic rings. The molecule has 0 aliphatic carbocycles. The van der Waals surface area contributed by atoms with Crippen molar-refractivity contribution in [2.75, 3.05) is 7.11 Å². The number of benzene rings is 1. The van der Waals surface area contributed by atoms with Crippen LogP contribution in [0.15, 0.2) is 28.8 Å². The van der Waals surface area contributed by atoms with Gasteiger partial charge in [-0.25, -0.2) is 4.39 Å². The van der Waals surface area contributed by atoms with Crippen LogP contribution in [0, 0.1) is 5.82 Å². The van der Waals surface area contributed by atoms with Crippen LogP contribution in [-0.2, 0) is 11.2 Å². The van der Waals surface area contributed by atoms with Gasteiger partial charge in [0.1, 0.15) is 0 Å². The molecule has 1 N–H and O–H groups in total. The van der Waals surface area contributed by atoms with E-state index in [1.165, 1.54) is 25.3 Å². The average molecular weight is 251 g/mol. The Morgan fingerprint density at radius 3 is 2.89 bits per heavy atom. The minimum Gasteiger partial charge on any atom is -0.494 e. The smallest absolute Gasteiger partial charge is 0.309 e. The standard InChI is InChI=1S/C12H10FNO4/c1-17-10-3-2-7(4-9(10)13)11-5-8(14-18-11)6-12(15)16/h2-5H,6H2,1H3,(H,15,16). The molecule has 0 spiro atoms. The number of rotatable bonds is 4. The lowest BCUT2D eigenvalue weighted by Crippen LogP contribution is -1.99. The van der Waals surface area contributed by atoms with Crippen LogP contribution in [0.3, 0.4) is 0 Å². The topological polar surface area (TPSA) is 72.6 Å². The number of carbonyl (C=O) groups is 1. The van der Waals surface area contributed by atoms with Gasteiger partial charge in [-0.15, -0.1) is 0 Å². The minimum absolute atomic E-state index is 0.129. The predicted octanol–water partition coefficient (Wildman–Crippen LogP) is 2.12. The van der Waals surface area contributed by atoms with Crippen LogP contribution in [0.25, 0.3) is 11.3 Å². The zero-order valence-electron chi connectivity index (χ0n) is 9.51. The fourth-order valence-corrected chi connectivity index (χ4v) is 1.51. The van der Waals surface area contributed by atoms with Crippen molar-refractivity contribution in [3.8, 4) is 17.1 Å². The summed E-state index contributed by atoms with van der Waals surface area (Å²) >= 11 is 0. The Hall–Kier alpha value is -2.37. The molecule has 0 radical (unpaired) electrons. The summed E-state index contributed by atoms with van der Waals surface area (Å²) in [6.45, 7) is 0.